The van der Waals surface area contributed by atoms with Crippen LogP contribution in [-0.2, 0) is 71.9 Å². The second-order valence-corrected chi connectivity index (χ2v) is 9.07. The van der Waals surface area contributed by atoms with E-state index in [1.807, 2.05) is 91.0 Å². The zero-order chi connectivity index (χ0) is 24.3. The van der Waals surface area contributed by atoms with Crippen molar-refractivity contribution in [3.8, 4) is 0 Å². The minimum Gasteiger partial charge on any atom is -0.509 e. The largest absolute Gasteiger partial charge is 3.00 e. The Balaban J connectivity index is 0.000000473. The molecule has 0 unspecified atom stereocenters. The number of ether oxygens (including phenoxy) is 3. The van der Waals surface area contributed by atoms with E-state index in [4.69, 9.17) is 14.2 Å². The van der Waals surface area contributed by atoms with Gasteiger partial charge < -0.3 is 88.8 Å². The van der Waals surface area contributed by atoms with E-state index in [-0.39, 0.29) is 54.0 Å². The van der Waals surface area contributed by atoms with Crippen molar-refractivity contribution < 1.29 is 55.0 Å². The predicted molar refractivity (Wildman–Crippen MR) is 154 cm³/mol. The third kappa shape index (κ3) is 19.6. The van der Waals surface area contributed by atoms with E-state index in [0.29, 0.717) is 19.8 Å². The molecule has 0 aliphatic carbocycles. The first kappa shape index (κ1) is 33.3. The summed E-state index contributed by atoms with van der Waals surface area (Å²) in [5.41, 5.74) is 3.25. The molecule has 0 bridgehead atoms. The molecule has 3 rings (SSSR count). The fourth-order valence-corrected chi connectivity index (χ4v) is 2.50. The Labute approximate surface area is 267 Å². The maximum Gasteiger partial charge on any atom is 3.00 e. The molecule has 0 heterocycles. The molecule has 3 nitrogen and oxygen atoms in total. The molecular weight excluding hydrogens is 673 g/mol. The fourth-order valence-electron chi connectivity index (χ4n) is 2.15. The quantitative estimate of drug-likeness (QED) is 0.224. The van der Waals surface area contributed by atoms with Crippen LogP contribution in [-0.4, -0.2) is 13.1 Å². The Bertz CT molecular complexity index is 833. The first-order valence-corrected chi connectivity index (χ1v) is 11.9. The molecule has 0 aliphatic rings. The molecule has 0 N–H and O–H groups in total. The molecule has 10 heteroatoms. The van der Waals surface area contributed by atoms with Gasteiger partial charge in [-0.3, -0.25) is 0 Å². The molecule has 0 fully saturated rings. The summed E-state index contributed by atoms with van der Waals surface area (Å²) in [7, 11) is 0. The first-order chi connectivity index (χ1) is 15.9. The fraction of sp³-hybridized carbons (Fsp3) is 0.125. The van der Waals surface area contributed by atoms with E-state index in [9.17, 15) is 0 Å². The smallest absolute Gasteiger partial charge is 0.509 e. The molecule has 175 valence electrons. The van der Waals surface area contributed by atoms with Gasteiger partial charge in [0.15, 0.2) is 0 Å². The van der Waals surface area contributed by atoms with Gasteiger partial charge in [-0.2, -0.15) is 0 Å². The van der Waals surface area contributed by atoms with E-state index in [2.05, 4.69) is 74.5 Å². The second kappa shape index (κ2) is 21.6. The summed E-state index contributed by atoms with van der Waals surface area (Å²) < 4.78 is 15.4. The van der Waals surface area contributed by atoms with Crippen LogP contribution in [0, 0.1) is 40.8 Å². The average molecular weight is 694 g/mol. The monoisotopic (exact) mass is 691 g/mol. The zero-order valence-electron chi connectivity index (χ0n) is 18.0. The maximum atomic E-state index is 4.97. The van der Waals surface area contributed by atoms with Gasteiger partial charge in [0, 0.05) is 13.1 Å². The van der Waals surface area contributed by atoms with Crippen molar-refractivity contribution in [3.63, 3.8) is 0 Å². The van der Waals surface area contributed by atoms with Crippen molar-refractivity contribution in [2.75, 3.05) is 0 Å². The van der Waals surface area contributed by atoms with Crippen LogP contribution in [0.5, 0.6) is 0 Å². The summed E-state index contributed by atoms with van der Waals surface area (Å²) >= 11 is 27.5. The number of rotatable bonds is 6. The molecule has 1 radical (unpaired) electrons. The van der Waals surface area contributed by atoms with E-state index < -0.39 is 0 Å². The summed E-state index contributed by atoms with van der Waals surface area (Å²) in [5.74, 6) is 0. The average Bonchev–Trinajstić information content (AvgIpc) is 2.83. The SMILES string of the molecule is S=C([S-])OCc1ccccc1.S=C([S-])OCc1ccccc1.S=C([S-])OCc1ccccc1.[Nd+3]. The summed E-state index contributed by atoms with van der Waals surface area (Å²) in [5, 5.41) is 0. The Hall–Kier alpha value is -0.659. The van der Waals surface area contributed by atoms with Gasteiger partial charge in [-0.15, -0.1) is 0 Å². The predicted octanol–water partition coefficient (Wildman–Crippen LogP) is 6.11. The van der Waals surface area contributed by atoms with Crippen LogP contribution in [0.4, 0.5) is 0 Å². The van der Waals surface area contributed by atoms with Crippen LogP contribution in [0.1, 0.15) is 16.7 Å². The Morgan fingerprint density at radius 3 is 0.853 bits per heavy atom. The van der Waals surface area contributed by atoms with Gasteiger partial charge in [-0.05, 0) is 16.7 Å². The summed E-state index contributed by atoms with van der Waals surface area (Å²) in [6.07, 6.45) is 0. The van der Waals surface area contributed by atoms with E-state index in [0.717, 1.165) is 16.7 Å². The summed E-state index contributed by atoms with van der Waals surface area (Å²) in [6, 6.07) is 29.4. The Morgan fingerprint density at radius 2 is 0.676 bits per heavy atom. The Kier molecular flexibility index (Phi) is 21.2. The molecule has 0 aliphatic heterocycles. The topological polar surface area (TPSA) is 27.7 Å². The van der Waals surface area contributed by atoms with Crippen molar-refractivity contribution in [2.24, 2.45) is 0 Å². The van der Waals surface area contributed by atoms with Gasteiger partial charge >= 0.3 is 40.8 Å². The molecule has 0 amide bonds. The minimum atomic E-state index is 0. The molecule has 0 aromatic heterocycles. The Morgan fingerprint density at radius 1 is 0.471 bits per heavy atom. The maximum absolute atomic E-state index is 4.97. The molecule has 0 atom stereocenters. The molecule has 34 heavy (non-hydrogen) atoms. The minimum absolute atomic E-state index is 0. The number of thiocarbonyl (C=S) groups is 3. The standard InChI is InChI=1S/3C8H8OS2.Nd/c3*10-8(11)9-6-7-4-2-1-3-5-7;/h3*1-5H,6H2,(H,10,11);/q;;;+3/p-3. The van der Waals surface area contributed by atoms with E-state index in [1.54, 1.807) is 0 Å². The molecule has 0 saturated heterocycles. The van der Waals surface area contributed by atoms with Crippen molar-refractivity contribution in [2.45, 2.75) is 19.8 Å². The first-order valence-electron chi connectivity index (χ1n) is 9.50. The van der Waals surface area contributed by atoms with Crippen molar-refractivity contribution in [1.29, 1.82) is 0 Å². The molecule has 0 saturated carbocycles. The van der Waals surface area contributed by atoms with Crippen LogP contribution in [0.25, 0.3) is 0 Å². The van der Waals surface area contributed by atoms with Gasteiger partial charge in [0.25, 0.3) is 0 Å². The van der Waals surface area contributed by atoms with Gasteiger partial charge in [-0.1, -0.05) is 91.0 Å². The van der Waals surface area contributed by atoms with Crippen LogP contribution < -0.4 is 0 Å². The van der Waals surface area contributed by atoms with Gasteiger partial charge in [0.2, 0.25) is 0 Å². The van der Waals surface area contributed by atoms with Gasteiger partial charge in [0.1, 0.15) is 19.8 Å². The molecule has 3 aromatic carbocycles. The normalized spacial score (nSPS) is 8.82. The van der Waals surface area contributed by atoms with Crippen LogP contribution in [0.15, 0.2) is 91.0 Å². The van der Waals surface area contributed by atoms with Gasteiger partial charge in [0.05, 0.1) is 0 Å². The number of hydrogen-bond acceptors (Lipinski definition) is 9. The summed E-state index contributed by atoms with van der Waals surface area (Å²) in [4.78, 5) is 0. The van der Waals surface area contributed by atoms with Crippen LogP contribution >= 0.6 is 36.7 Å². The van der Waals surface area contributed by atoms with Crippen LogP contribution in [0.2, 0.25) is 0 Å². The van der Waals surface area contributed by atoms with E-state index in [1.165, 1.54) is 0 Å². The van der Waals surface area contributed by atoms with E-state index >= 15 is 0 Å². The zero-order valence-corrected chi connectivity index (χ0v) is 26.1. The number of hydrogen-bond donors (Lipinski definition) is 0. The van der Waals surface area contributed by atoms with Crippen molar-refractivity contribution in [1.82, 2.24) is 0 Å². The molecule has 0 spiro atoms. The second-order valence-electron chi connectivity index (χ2n) is 6.07. The third-order valence-corrected chi connectivity index (χ3v) is 4.31. The molecular formula is C24H21NdO3S6. The summed E-state index contributed by atoms with van der Waals surface area (Å²) in [6.45, 7) is 1.43. The third-order valence-electron chi connectivity index (χ3n) is 3.60. The molecule has 3 aromatic rings. The van der Waals surface area contributed by atoms with Gasteiger partial charge in [-0.25, -0.2) is 0 Å². The van der Waals surface area contributed by atoms with Crippen LogP contribution in [0.3, 0.4) is 0 Å². The number of benzene rings is 3. The van der Waals surface area contributed by atoms with Crippen molar-refractivity contribution in [3.05, 3.63) is 108 Å². The van der Waals surface area contributed by atoms with Crippen molar-refractivity contribution >= 4 is 87.7 Å².